The lowest BCUT2D eigenvalue weighted by atomic mass is 10.2. The molecule has 226 valence electrons. The number of alkyl halides is 3. The number of nitrogens with one attached hydrogen (secondary N) is 1. The average molecular weight is 628 g/mol. The molecule has 1 aliphatic rings. The van der Waals surface area contributed by atoms with Gasteiger partial charge in [-0.25, -0.2) is 18.2 Å². The molecule has 4 rings (SSSR count). The summed E-state index contributed by atoms with van der Waals surface area (Å²) in [6.07, 6.45) is -1.58. The van der Waals surface area contributed by atoms with Gasteiger partial charge in [0.15, 0.2) is 5.13 Å². The van der Waals surface area contributed by atoms with Crippen molar-refractivity contribution in [2.75, 3.05) is 24.5 Å². The number of anilines is 1. The summed E-state index contributed by atoms with van der Waals surface area (Å²) >= 11 is 0.916. The third-order valence-electron chi connectivity index (χ3n) is 6.41. The standard InChI is InChI=1S/C26H28F3N5O6S2/c1-3-4-18-6-5-17(13-30-18)14-31-23(35)21-15-33(25-32-16(2)22(41-25)24(36)37)11-12-34(21)42(38,39)20-9-7-19(8-10-20)40-26(27,28)29/h5-10,13,21H,3-4,11-12,14-15H2,1-2H3,(H,31,35)(H,36,37). The van der Waals surface area contributed by atoms with Crippen molar-refractivity contribution < 1.29 is 41.0 Å². The van der Waals surface area contributed by atoms with Crippen molar-refractivity contribution in [3.63, 3.8) is 0 Å². The number of hydrogen-bond donors (Lipinski definition) is 2. The van der Waals surface area contributed by atoms with E-state index in [-0.39, 0.29) is 36.0 Å². The van der Waals surface area contributed by atoms with Gasteiger partial charge in [0, 0.05) is 38.1 Å². The number of halogens is 3. The number of piperazine rings is 1. The van der Waals surface area contributed by atoms with Crippen molar-refractivity contribution in [1.82, 2.24) is 19.6 Å². The zero-order valence-corrected chi connectivity index (χ0v) is 24.2. The largest absolute Gasteiger partial charge is 0.573 e. The second-order valence-corrected chi connectivity index (χ2v) is 12.3. The van der Waals surface area contributed by atoms with Crippen molar-refractivity contribution in [2.24, 2.45) is 0 Å². The minimum Gasteiger partial charge on any atom is -0.477 e. The van der Waals surface area contributed by atoms with Gasteiger partial charge in [-0.1, -0.05) is 30.7 Å². The van der Waals surface area contributed by atoms with Crippen molar-refractivity contribution in [3.8, 4) is 5.75 Å². The van der Waals surface area contributed by atoms with Gasteiger partial charge in [0.1, 0.15) is 16.7 Å². The molecule has 1 atom stereocenters. The first kappa shape index (κ1) is 31.2. The molecule has 3 heterocycles. The highest BCUT2D eigenvalue weighted by molar-refractivity contribution is 7.89. The van der Waals surface area contributed by atoms with Crippen LogP contribution in [0.4, 0.5) is 18.3 Å². The van der Waals surface area contributed by atoms with Gasteiger partial charge in [-0.3, -0.25) is 9.78 Å². The Kier molecular flexibility index (Phi) is 9.37. The molecule has 0 aliphatic carbocycles. The number of rotatable bonds is 10. The molecule has 1 unspecified atom stereocenters. The quantitative estimate of drug-likeness (QED) is 0.345. The van der Waals surface area contributed by atoms with Crippen molar-refractivity contribution in [3.05, 3.63) is 64.4 Å². The van der Waals surface area contributed by atoms with E-state index in [2.05, 4.69) is 20.0 Å². The number of carboxylic acid groups (broad SMARTS) is 1. The summed E-state index contributed by atoms with van der Waals surface area (Å²) < 4.78 is 69.8. The summed E-state index contributed by atoms with van der Waals surface area (Å²) in [5.41, 5.74) is 1.89. The molecule has 2 aromatic heterocycles. The lowest BCUT2D eigenvalue weighted by molar-refractivity contribution is -0.274. The van der Waals surface area contributed by atoms with Crippen LogP contribution in [0.2, 0.25) is 0 Å². The molecule has 0 saturated carbocycles. The van der Waals surface area contributed by atoms with E-state index in [1.165, 1.54) is 0 Å². The van der Waals surface area contributed by atoms with E-state index in [4.69, 9.17) is 0 Å². The highest BCUT2D eigenvalue weighted by atomic mass is 32.2. The maximum Gasteiger partial charge on any atom is 0.573 e. The number of benzene rings is 1. The zero-order valence-electron chi connectivity index (χ0n) is 22.6. The van der Waals surface area contributed by atoms with Gasteiger partial charge in [-0.05, 0) is 49.2 Å². The smallest absolute Gasteiger partial charge is 0.477 e. The fourth-order valence-electron chi connectivity index (χ4n) is 4.38. The molecular weight excluding hydrogens is 599 g/mol. The maximum atomic E-state index is 13.6. The van der Waals surface area contributed by atoms with E-state index in [1.807, 2.05) is 19.1 Å². The summed E-state index contributed by atoms with van der Waals surface area (Å²) in [6.45, 7) is 3.43. The number of sulfonamides is 1. The first-order chi connectivity index (χ1) is 19.8. The summed E-state index contributed by atoms with van der Waals surface area (Å²) in [5, 5.41) is 12.5. The highest BCUT2D eigenvalue weighted by Crippen LogP contribution is 2.31. The third-order valence-corrected chi connectivity index (χ3v) is 9.54. The van der Waals surface area contributed by atoms with E-state index in [1.54, 1.807) is 18.0 Å². The normalized spacial score (nSPS) is 16.3. The first-order valence-electron chi connectivity index (χ1n) is 12.8. The number of ether oxygens (including phenoxy) is 1. The van der Waals surface area contributed by atoms with Gasteiger partial charge in [0.05, 0.1) is 10.6 Å². The minimum absolute atomic E-state index is 0.0289. The fourth-order valence-corrected chi connectivity index (χ4v) is 6.89. The number of thiazole rings is 1. The van der Waals surface area contributed by atoms with Crippen LogP contribution in [0.5, 0.6) is 5.75 Å². The van der Waals surface area contributed by atoms with Crippen LogP contribution < -0.4 is 15.0 Å². The SMILES string of the molecule is CCCc1ccc(CNC(=O)C2CN(c3nc(C)c(C(=O)O)s3)CCN2S(=O)(=O)c2ccc(OC(F)(F)F)cc2)cn1. The van der Waals surface area contributed by atoms with E-state index in [0.29, 0.717) is 16.4 Å². The predicted octanol–water partition coefficient (Wildman–Crippen LogP) is 3.59. The van der Waals surface area contributed by atoms with Crippen LogP contribution in [0, 0.1) is 6.92 Å². The van der Waals surface area contributed by atoms with E-state index in [9.17, 15) is 36.3 Å². The third kappa shape index (κ3) is 7.35. The number of hydrogen-bond acceptors (Lipinski definition) is 9. The van der Waals surface area contributed by atoms with Crippen LogP contribution in [0.15, 0.2) is 47.5 Å². The summed E-state index contributed by atoms with van der Waals surface area (Å²) in [7, 11) is -4.35. The summed E-state index contributed by atoms with van der Waals surface area (Å²) in [4.78, 5) is 35.0. The number of aryl methyl sites for hydroxylation is 2. The molecule has 0 bridgehead atoms. The Morgan fingerprint density at radius 1 is 1.17 bits per heavy atom. The second-order valence-electron chi connectivity index (χ2n) is 9.44. The highest BCUT2D eigenvalue weighted by Gasteiger charge is 2.41. The minimum atomic E-state index is -4.94. The Morgan fingerprint density at radius 3 is 2.45 bits per heavy atom. The summed E-state index contributed by atoms with van der Waals surface area (Å²) in [6, 6.07) is 6.12. The van der Waals surface area contributed by atoms with Gasteiger partial charge in [0.25, 0.3) is 0 Å². The van der Waals surface area contributed by atoms with E-state index >= 15 is 0 Å². The molecule has 3 aromatic rings. The van der Waals surface area contributed by atoms with Crippen LogP contribution in [0.1, 0.15) is 40.0 Å². The molecular formula is C26H28F3N5O6S2. The Labute approximate surface area is 244 Å². The van der Waals surface area contributed by atoms with Crippen molar-refractivity contribution in [2.45, 2.75) is 50.5 Å². The lowest BCUT2D eigenvalue weighted by Gasteiger charge is -2.39. The van der Waals surface area contributed by atoms with Gasteiger partial charge < -0.3 is 20.1 Å². The van der Waals surface area contributed by atoms with Gasteiger partial charge in [-0.15, -0.1) is 13.2 Å². The second kappa shape index (κ2) is 12.6. The number of pyridine rings is 1. The van der Waals surface area contributed by atoms with Crippen LogP contribution in [0.3, 0.4) is 0 Å². The molecule has 1 aliphatic heterocycles. The van der Waals surface area contributed by atoms with Gasteiger partial charge in [-0.2, -0.15) is 4.31 Å². The van der Waals surface area contributed by atoms with Crippen LogP contribution >= 0.6 is 11.3 Å². The molecule has 0 spiro atoms. The van der Waals surface area contributed by atoms with Gasteiger partial charge >= 0.3 is 12.3 Å². The number of aromatic carboxylic acids is 1. The number of aromatic nitrogens is 2. The molecule has 16 heteroatoms. The van der Waals surface area contributed by atoms with Crippen LogP contribution in [-0.2, 0) is 27.8 Å². The first-order valence-corrected chi connectivity index (χ1v) is 15.1. The monoisotopic (exact) mass is 627 g/mol. The Balaban J connectivity index is 1.59. The maximum absolute atomic E-state index is 13.6. The number of carboxylic acids is 1. The fraction of sp³-hybridized carbons (Fsp3) is 0.385. The Hall–Kier alpha value is -3.76. The molecule has 0 radical (unpaired) electrons. The predicted molar refractivity (Wildman–Crippen MR) is 147 cm³/mol. The molecule has 1 amide bonds. The van der Waals surface area contributed by atoms with Gasteiger partial charge in [0.2, 0.25) is 15.9 Å². The van der Waals surface area contributed by atoms with Crippen molar-refractivity contribution >= 4 is 38.4 Å². The zero-order chi connectivity index (χ0) is 30.7. The Bertz CT molecular complexity index is 1530. The van der Waals surface area contributed by atoms with E-state index in [0.717, 1.165) is 58.4 Å². The molecule has 11 nitrogen and oxygen atoms in total. The van der Waals surface area contributed by atoms with E-state index < -0.39 is 40.1 Å². The molecule has 1 saturated heterocycles. The molecule has 42 heavy (non-hydrogen) atoms. The van der Waals surface area contributed by atoms with Crippen molar-refractivity contribution in [1.29, 1.82) is 0 Å². The Morgan fingerprint density at radius 2 is 1.88 bits per heavy atom. The lowest BCUT2D eigenvalue weighted by Crippen LogP contribution is -2.60. The number of nitrogens with zero attached hydrogens (tertiary/aromatic N) is 4. The number of carbonyl (C=O) groups excluding carboxylic acids is 1. The van der Waals surface area contributed by atoms with Crippen LogP contribution in [0.25, 0.3) is 0 Å². The number of carbonyl (C=O) groups is 2. The average Bonchev–Trinajstić information content (AvgIpc) is 3.33. The van der Waals surface area contributed by atoms with Crippen LogP contribution in [-0.4, -0.2) is 71.7 Å². The number of amides is 1. The molecule has 1 aromatic carbocycles. The molecule has 2 N–H and O–H groups in total. The topological polar surface area (TPSA) is 142 Å². The molecule has 1 fully saturated rings. The summed E-state index contributed by atoms with van der Waals surface area (Å²) in [5.74, 6) is -2.36.